The molecule has 0 fully saturated rings. The minimum Gasteiger partial charge on any atom is -0.342 e. The zero-order valence-electron chi connectivity index (χ0n) is 11.6. The number of nitrogens with two attached hydrogens (primary N) is 1. The highest BCUT2D eigenvalue weighted by Crippen LogP contribution is 2.13. The number of nitrogens with one attached hydrogen (secondary N) is 1. The van der Waals surface area contributed by atoms with Crippen LogP contribution < -0.4 is 11.1 Å². The highest BCUT2D eigenvalue weighted by Gasteiger charge is 2.11. The molecule has 1 atom stereocenters. The Bertz CT molecular complexity index is 460. The quantitative estimate of drug-likeness (QED) is 0.838. The van der Waals surface area contributed by atoms with Gasteiger partial charge in [-0.3, -0.25) is 9.59 Å². The molecule has 0 aliphatic rings. The highest BCUT2D eigenvalue weighted by molar-refractivity contribution is 5.92. The Kier molecular flexibility index (Phi) is 5.51. The Morgan fingerprint density at radius 2 is 2.11 bits per heavy atom. The molecular formula is C14H21N3O2. The lowest BCUT2D eigenvalue weighted by Gasteiger charge is -2.16. The van der Waals surface area contributed by atoms with E-state index in [-0.39, 0.29) is 17.7 Å². The molecule has 0 bridgehead atoms. The van der Waals surface area contributed by atoms with Crippen LogP contribution in [0.5, 0.6) is 0 Å². The standard InChI is InChI=1S/C14H21N3O2/c1-10(8-15)14(19)16-13-6-4-5-12(7-13)9-17(3)11(2)18/h4-7,10H,8-9,15H2,1-3H3,(H,16,19). The predicted molar refractivity (Wildman–Crippen MR) is 75.4 cm³/mol. The zero-order valence-corrected chi connectivity index (χ0v) is 11.6. The molecule has 0 radical (unpaired) electrons. The highest BCUT2D eigenvalue weighted by atomic mass is 16.2. The first-order valence-electron chi connectivity index (χ1n) is 6.25. The Balaban J connectivity index is 2.72. The number of carbonyl (C=O) groups is 2. The molecule has 5 heteroatoms. The number of benzene rings is 1. The predicted octanol–water partition coefficient (Wildman–Crippen LogP) is 1.20. The van der Waals surface area contributed by atoms with Gasteiger partial charge in [-0.2, -0.15) is 0 Å². The van der Waals surface area contributed by atoms with Gasteiger partial charge in [-0.1, -0.05) is 19.1 Å². The number of amides is 2. The number of nitrogens with zero attached hydrogens (tertiary/aromatic N) is 1. The lowest BCUT2D eigenvalue weighted by molar-refractivity contribution is -0.128. The van der Waals surface area contributed by atoms with Crippen molar-refractivity contribution < 1.29 is 9.59 Å². The maximum absolute atomic E-state index is 11.7. The average molecular weight is 263 g/mol. The smallest absolute Gasteiger partial charge is 0.228 e. The molecular weight excluding hydrogens is 242 g/mol. The fourth-order valence-electron chi connectivity index (χ4n) is 1.51. The van der Waals surface area contributed by atoms with Gasteiger partial charge in [-0.25, -0.2) is 0 Å². The van der Waals surface area contributed by atoms with Crippen LogP contribution in [0.15, 0.2) is 24.3 Å². The summed E-state index contributed by atoms with van der Waals surface area (Å²) < 4.78 is 0. The summed E-state index contributed by atoms with van der Waals surface area (Å²) in [4.78, 5) is 24.5. The minimum atomic E-state index is -0.219. The van der Waals surface area contributed by atoms with Crippen LogP contribution in [0.4, 0.5) is 5.69 Å². The van der Waals surface area contributed by atoms with E-state index < -0.39 is 0 Å². The van der Waals surface area contributed by atoms with Gasteiger partial charge in [-0.05, 0) is 17.7 Å². The van der Waals surface area contributed by atoms with E-state index in [4.69, 9.17) is 5.73 Å². The number of anilines is 1. The van der Waals surface area contributed by atoms with Gasteiger partial charge < -0.3 is 16.0 Å². The van der Waals surface area contributed by atoms with E-state index in [0.29, 0.717) is 13.1 Å². The summed E-state index contributed by atoms with van der Waals surface area (Å²) in [7, 11) is 1.74. The summed E-state index contributed by atoms with van der Waals surface area (Å²) in [5, 5.41) is 2.81. The van der Waals surface area contributed by atoms with Crippen molar-refractivity contribution >= 4 is 17.5 Å². The third-order valence-electron chi connectivity index (χ3n) is 2.95. The molecule has 1 rings (SSSR count). The maximum atomic E-state index is 11.7. The van der Waals surface area contributed by atoms with E-state index in [1.165, 1.54) is 6.92 Å². The second kappa shape index (κ2) is 6.89. The molecule has 19 heavy (non-hydrogen) atoms. The molecule has 0 aliphatic carbocycles. The van der Waals surface area contributed by atoms with Gasteiger partial charge in [0.05, 0.1) is 0 Å². The van der Waals surface area contributed by atoms with Crippen LogP contribution in [0.3, 0.4) is 0 Å². The van der Waals surface area contributed by atoms with E-state index in [9.17, 15) is 9.59 Å². The van der Waals surface area contributed by atoms with Crippen molar-refractivity contribution in [3.63, 3.8) is 0 Å². The first-order chi connectivity index (χ1) is 8.93. The first-order valence-corrected chi connectivity index (χ1v) is 6.25. The molecule has 0 aromatic heterocycles. The van der Waals surface area contributed by atoms with Gasteiger partial charge in [0, 0.05) is 38.7 Å². The molecule has 1 aromatic rings. The zero-order chi connectivity index (χ0) is 14.4. The normalized spacial score (nSPS) is 11.8. The molecule has 0 saturated carbocycles. The van der Waals surface area contributed by atoms with Gasteiger partial charge in [0.2, 0.25) is 11.8 Å². The van der Waals surface area contributed by atoms with Gasteiger partial charge >= 0.3 is 0 Å². The van der Waals surface area contributed by atoms with Gasteiger partial charge in [0.25, 0.3) is 0 Å². The van der Waals surface area contributed by atoms with Crippen molar-refractivity contribution in [3.8, 4) is 0 Å². The maximum Gasteiger partial charge on any atom is 0.228 e. The number of hydrogen-bond acceptors (Lipinski definition) is 3. The molecule has 5 nitrogen and oxygen atoms in total. The third kappa shape index (κ3) is 4.71. The largest absolute Gasteiger partial charge is 0.342 e. The summed E-state index contributed by atoms with van der Waals surface area (Å²) in [6.07, 6.45) is 0. The molecule has 3 N–H and O–H groups in total. The van der Waals surface area contributed by atoms with Gasteiger partial charge in [-0.15, -0.1) is 0 Å². The van der Waals surface area contributed by atoms with Crippen LogP contribution in [0.25, 0.3) is 0 Å². The van der Waals surface area contributed by atoms with Gasteiger partial charge in [0.15, 0.2) is 0 Å². The SMILES string of the molecule is CC(=O)N(C)Cc1cccc(NC(=O)C(C)CN)c1. The van der Waals surface area contributed by atoms with Crippen molar-refractivity contribution in [2.75, 3.05) is 18.9 Å². The fourth-order valence-corrected chi connectivity index (χ4v) is 1.51. The minimum absolute atomic E-state index is 0.00573. The lowest BCUT2D eigenvalue weighted by Crippen LogP contribution is -2.27. The second-order valence-corrected chi connectivity index (χ2v) is 4.70. The van der Waals surface area contributed by atoms with E-state index >= 15 is 0 Å². The van der Waals surface area contributed by atoms with Crippen LogP contribution in [-0.2, 0) is 16.1 Å². The fraction of sp³-hybridized carbons (Fsp3) is 0.429. The summed E-state index contributed by atoms with van der Waals surface area (Å²) in [5.41, 5.74) is 7.14. The summed E-state index contributed by atoms with van der Waals surface area (Å²) in [6.45, 7) is 4.14. The lowest BCUT2D eigenvalue weighted by atomic mass is 10.1. The third-order valence-corrected chi connectivity index (χ3v) is 2.95. The van der Waals surface area contributed by atoms with Crippen molar-refractivity contribution in [2.24, 2.45) is 11.7 Å². The Hall–Kier alpha value is -1.88. The van der Waals surface area contributed by atoms with E-state index in [1.807, 2.05) is 24.3 Å². The van der Waals surface area contributed by atoms with E-state index in [1.54, 1.807) is 18.9 Å². The van der Waals surface area contributed by atoms with Crippen LogP contribution in [0.1, 0.15) is 19.4 Å². The number of rotatable bonds is 5. The van der Waals surface area contributed by atoms with E-state index in [0.717, 1.165) is 11.3 Å². The molecule has 1 unspecified atom stereocenters. The topological polar surface area (TPSA) is 75.4 Å². The molecule has 1 aromatic carbocycles. The van der Waals surface area contributed by atoms with Crippen molar-refractivity contribution in [3.05, 3.63) is 29.8 Å². The Labute approximate surface area is 113 Å². The molecule has 104 valence electrons. The molecule has 0 saturated heterocycles. The van der Waals surface area contributed by atoms with Crippen LogP contribution in [-0.4, -0.2) is 30.3 Å². The monoisotopic (exact) mass is 263 g/mol. The summed E-state index contributed by atoms with van der Waals surface area (Å²) >= 11 is 0. The van der Waals surface area contributed by atoms with Crippen molar-refractivity contribution in [1.29, 1.82) is 0 Å². The van der Waals surface area contributed by atoms with E-state index in [2.05, 4.69) is 5.32 Å². The molecule has 0 aliphatic heterocycles. The summed E-state index contributed by atoms with van der Waals surface area (Å²) in [5.74, 6) is -0.311. The van der Waals surface area contributed by atoms with Crippen LogP contribution in [0.2, 0.25) is 0 Å². The molecule has 2 amide bonds. The first kappa shape index (κ1) is 15.2. The van der Waals surface area contributed by atoms with Gasteiger partial charge in [0.1, 0.15) is 0 Å². The molecule has 0 spiro atoms. The molecule has 0 heterocycles. The second-order valence-electron chi connectivity index (χ2n) is 4.70. The van der Waals surface area contributed by atoms with Crippen LogP contribution >= 0.6 is 0 Å². The summed E-state index contributed by atoms with van der Waals surface area (Å²) in [6, 6.07) is 7.45. The Morgan fingerprint density at radius 3 is 2.68 bits per heavy atom. The average Bonchev–Trinajstić information content (AvgIpc) is 2.37. The van der Waals surface area contributed by atoms with Crippen molar-refractivity contribution in [1.82, 2.24) is 4.90 Å². The number of hydrogen-bond donors (Lipinski definition) is 2. The Morgan fingerprint density at radius 1 is 1.42 bits per heavy atom. The van der Waals surface area contributed by atoms with Crippen molar-refractivity contribution in [2.45, 2.75) is 20.4 Å². The number of carbonyl (C=O) groups excluding carboxylic acids is 2. The van der Waals surface area contributed by atoms with Crippen LogP contribution in [0, 0.1) is 5.92 Å².